The topological polar surface area (TPSA) is 44.5 Å². The number of piperidine rings is 3. The van der Waals surface area contributed by atoms with Crippen LogP contribution in [0.15, 0.2) is 30.5 Å². The van der Waals surface area contributed by atoms with Crippen molar-refractivity contribution in [2.75, 3.05) is 19.6 Å². The minimum Gasteiger partial charge on any atom is -0.508 e. The fourth-order valence-corrected chi connectivity index (χ4v) is 6.05. The van der Waals surface area contributed by atoms with Gasteiger partial charge in [0, 0.05) is 49.4 Å². The Kier molecular flexibility index (Phi) is 4.68. The maximum Gasteiger partial charge on any atom is 0.115 e. The summed E-state index contributed by atoms with van der Waals surface area (Å²) in [5.41, 5.74) is 3.84. The molecule has 3 atom stereocenters. The molecule has 5 heteroatoms. The minimum atomic E-state index is 0.389. The molecule has 2 bridgehead atoms. The number of nitrogens with zero attached hydrogens (tertiary/aromatic N) is 4. The van der Waals surface area contributed by atoms with Crippen molar-refractivity contribution in [3.63, 3.8) is 0 Å². The van der Waals surface area contributed by atoms with Crippen LogP contribution in [0.25, 0.3) is 0 Å². The van der Waals surface area contributed by atoms with Crippen molar-refractivity contribution >= 4 is 0 Å². The van der Waals surface area contributed by atoms with Gasteiger partial charge < -0.3 is 5.11 Å². The van der Waals surface area contributed by atoms with E-state index in [9.17, 15) is 5.11 Å². The molecule has 0 spiro atoms. The molecule has 0 unspecified atom stereocenters. The van der Waals surface area contributed by atoms with Crippen molar-refractivity contribution in [3.05, 3.63) is 47.3 Å². The van der Waals surface area contributed by atoms with Crippen molar-refractivity contribution in [3.8, 4) is 5.75 Å². The number of fused-ring (bicyclic) bond motifs is 2. The number of hydrogen-bond acceptors (Lipinski definition) is 4. The number of rotatable bonds is 5. The normalized spacial score (nSPS) is 32.0. The van der Waals surface area contributed by atoms with Gasteiger partial charge in [-0.05, 0) is 62.9 Å². The van der Waals surface area contributed by atoms with Crippen LogP contribution in [0.4, 0.5) is 0 Å². The van der Waals surface area contributed by atoms with Crippen LogP contribution < -0.4 is 0 Å². The molecule has 150 valence electrons. The second-order valence-electron chi connectivity index (χ2n) is 8.99. The zero-order valence-corrected chi connectivity index (χ0v) is 17.1. The SMILES string of the molecule is CCCn1cc(CN2C[C@@H](c3cccc(O)c3)[C@@H]3[C@H]2C2CCN3CC2)c(C)n1. The molecule has 1 aromatic heterocycles. The van der Waals surface area contributed by atoms with Gasteiger partial charge in [0.2, 0.25) is 0 Å². The molecular formula is C23H32N4O. The van der Waals surface area contributed by atoms with Crippen LogP contribution in [0, 0.1) is 12.8 Å². The lowest BCUT2D eigenvalue weighted by Crippen LogP contribution is -2.59. The van der Waals surface area contributed by atoms with E-state index in [0.29, 0.717) is 23.8 Å². The predicted molar refractivity (Wildman–Crippen MR) is 110 cm³/mol. The van der Waals surface area contributed by atoms with Crippen molar-refractivity contribution in [2.24, 2.45) is 5.92 Å². The molecule has 4 fully saturated rings. The summed E-state index contributed by atoms with van der Waals surface area (Å²) >= 11 is 0. The highest BCUT2D eigenvalue weighted by atomic mass is 16.3. The number of phenols is 1. The van der Waals surface area contributed by atoms with Crippen LogP contribution in [0.3, 0.4) is 0 Å². The Morgan fingerprint density at radius 3 is 2.75 bits per heavy atom. The maximum atomic E-state index is 10.1. The van der Waals surface area contributed by atoms with E-state index in [2.05, 4.69) is 40.6 Å². The van der Waals surface area contributed by atoms with Crippen LogP contribution in [0.5, 0.6) is 5.75 Å². The number of hydrogen-bond donors (Lipinski definition) is 1. The predicted octanol–water partition coefficient (Wildman–Crippen LogP) is 3.37. The molecular weight excluding hydrogens is 348 g/mol. The fraction of sp³-hybridized carbons (Fsp3) is 0.609. The first kappa shape index (κ1) is 18.2. The van der Waals surface area contributed by atoms with Crippen molar-refractivity contribution in [2.45, 2.75) is 64.2 Å². The molecule has 1 N–H and O–H groups in total. The van der Waals surface area contributed by atoms with Gasteiger partial charge in [-0.1, -0.05) is 19.1 Å². The first-order valence-corrected chi connectivity index (χ1v) is 10.9. The fourth-order valence-electron chi connectivity index (χ4n) is 6.05. The number of likely N-dealkylation sites (tertiary alicyclic amines) is 1. The van der Waals surface area contributed by atoms with Crippen LogP contribution in [0.2, 0.25) is 0 Å². The first-order valence-electron chi connectivity index (χ1n) is 10.9. The van der Waals surface area contributed by atoms with Crippen LogP contribution in [-0.2, 0) is 13.1 Å². The standard InChI is InChI=1S/C23H32N4O/c1-3-9-27-14-19(16(2)24-27)13-26-15-21(18-5-4-6-20(28)12-18)23-22(26)17-7-10-25(23)11-8-17/h4-6,12,14,17,21-23,28H,3,7-11,13,15H2,1-2H3/t21-,22+,23+/m0/s1. The Balaban J connectivity index is 1.45. The van der Waals surface area contributed by atoms with Gasteiger partial charge in [-0.15, -0.1) is 0 Å². The quantitative estimate of drug-likeness (QED) is 0.864. The van der Waals surface area contributed by atoms with Gasteiger partial charge in [-0.2, -0.15) is 5.10 Å². The third-order valence-electron chi connectivity index (χ3n) is 7.27. The Hall–Kier alpha value is -1.85. The van der Waals surface area contributed by atoms with Crippen LogP contribution in [-0.4, -0.2) is 56.4 Å². The Morgan fingerprint density at radius 2 is 2.00 bits per heavy atom. The second kappa shape index (κ2) is 7.20. The molecule has 0 radical (unpaired) electrons. The summed E-state index contributed by atoms with van der Waals surface area (Å²) in [6, 6.07) is 9.19. The summed E-state index contributed by atoms with van der Waals surface area (Å²) in [5, 5.41) is 14.8. The monoisotopic (exact) mass is 380 g/mol. The van der Waals surface area contributed by atoms with E-state index < -0.39 is 0 Å². The lowest BCUT2D eigenvalue weighted by Gasteiger charge is -2.51. The van der Waals surface area contributed by atoms with E-state index >= 15 is 0 Å². The Labute approximate surface area is 168 Å². The van der Waals surface area contributed by atoms with E-state index in [1.54, 1.807) is 6.07 Å². The lowest BCUT2D eigenvalue weighted by atomic mass is 9.75. The van der Waals surface area contributed by atoms with E-state index in [0.717, 1.165) is 32.0 Å². The van der Waals surface area contributed by atoms with Gasteiger partial charge in [0.25, 0.3) is 0 Å². The smallest absolute Gasteiger partial charge is 0.115 e. The Bertz CT molecular complexity index is 839. The molecule has 0 aliphatic carbocycles. The molecule has 1 aromatic carbocycles. The molecule has 0 amide bonds. The second-order valence-corrected chi connectivity index (χ2v) is 8.99. The molecule has 28 heavy (non-hydrogen) atoms. The highest BCUT2D eigenvalue weighted by molar-refractivity contribution is 5.33. The molecule has 4 aliphatic heterocycles. The van der Waals surface area contributed by atoms with Gasteiger partial charge in [0.15, 0.2) is 0 Å². The number of aryl methyl sites for hydroxylation is 2. The van der Waals surface area contributed by atoms with Crippen molar-refractivity contribution in [1.29, 1.82) is 0 Å². The van der Waals surface area contributed by atoms with E-state index in [-0.39, 0.29) is 0 Å². The number of aromatic nitrogens is 2. The zero-order chi connectivity index (χ0) is 19.3. The van der Waals surface area contributed by atoms with Gasteiger partial charge in [0.05, 0.1) is 5.69 Å². The van der Waals surface area contributed by atoms with E-state index in [1.165, 1.54) is 42.8 Å². The van der Waals surface area contributed by atoms with Gasteiger partial charge in [-0.3, -0.25) is 14.5 Å². The number of aromatic hydroxyl groups is 1. The first-order chi connectivity index (χ1) is 13.6. The highest BCUT2D eigenvalue weighted by Gasteiger charge is 2.53. The van der Waals surface area contributed by atoms with Crippen molar-refractivity contribution < 1.29 is 5.11 Å². The zero-order valence-electron chi connectivity index (χ0n) is 17.1. The molecule has 2 aromatic rings. The summed E-state index contributed by atoms with van der Waals surface area (Å²) in [7, 11) is 0. The largest absolute Gasteiger partial charge is 0.508 e. The average Bonchev–Trinajstić information content (AvgIpc) is 3.26. The molecule has 5 nitrogen and oxygen atoms in total. The van der Waals surface area contributed by atoms with Gasteiger partial charge in [-0.25, -0.2) is 0 Å². The molecule has 4 aliphatic rings. The summed E-state index contributed by atoms with van der Waals surface area (Å²) in [6.45, 7) is 9.90. The molecule has 6 rings (SSSR count). The third kappa shape index (κ3) is 3.05. The molecule has 5 heterocycles. The Morgan fingerprint density at radius 1 is 1.18 bits per heavy atom. The highest BCUT2D eigenvalue weighted by Crippen LogP contribution is 2.47. The molecule has 4 saturated heterocycles. The summed E-state index contributed by atoms with van der Waals surface area (Å²) in [6.07, 6.45) is 6.04. The summed E-state index contributed by atoms with van der Waals surface area (Å²) in [5.74, 6) is 1.68. The van der Waals surface area contributed by atoms with Gasteiger partial charge in [0.1, 0.15) is 5.75 Å². The third-order valence-corrected chi connectivity index (χ3v) is 7.27. The average molecular weight is 381 g/mol. The maximum absolute atomic E-state index is 10.1. The lowest BCUT2D eigenvalue weighted by molar-refractivity contribution is -0.00874. The number of phenolic OH excluding ortho intramolecular Hbond substituents is 1. The van der Waals surface area contributed by atoms with Crippen LogP contribution >= 0.6 is 0 Å². The van der Waals surface area contributed by atoms with Crippen LogP contribution in [0.1, 0.15) is 48.9 Å². The minimum absolute atomic E-state index is 0.389. The summed E-state index contributed by atoms with van der Waals surface area (Å²) in [4.78, 5) is 5.46. The van der Waals surface area contributed by atoms with E-state index in [4.69, 9.17) is 5.10 Å². The molecule has 0 saturated carbocycles. The summed E-state index contributed by atoms with van der Waals surface area (Å²) < 4.78 is 2.11. The van der Waals surface area contributed by atoms with Crippen molar-refractivity contribution in [1.82, 2.24) is 19.6 Å². The van der Waals surface area contributed by atoms with E-state index in [1.807, 2.05) is 12.1 Å². The number of benzene rings is 1. The van der Waals surface area contributed by atoms with Gasteiger partial charge >= 0.3 is 0 Å².